The lowest BCUT2D eigenvalue weighted by atomic mass is 9.82. The number of benzene rings is 2. The molecular formula is C31H41FN4O4. The summed E-state index contributed by atoms with van der Waals surface area (Å²) in [5, 5.41) is 3.11. The molecule has 1 aliphatic heterocycles. The lowest BCUT2D eigenvalue weighted by molar-refractivity contribution is -0.142. The highest BCUT2D eigenvalue weighted by molar-refractivity contribution is 5.94. The maximum Gasteiger partial charge on any atom is 0.254 e. The van der Waals surface area contributed by atoms with Gasteiger partial charge in [0.1, 0.15) is 17.6 Å². The predicted octanol–water partition coefficient (Wildman–Crippen LogP) is 3.74. The van der Waals surface area contributed by atoms with Crippen molar-refractivity contribution in [3.8, 4) is 5.75 Å². The van der Waals surface area contributed by atoms with Gasteiger partial charge in [0.25, 0.3) is 5.91 Å². The molecule has 216 valence electrons. The van der Waals surface area contributed by atoms with Gasteiger partial charge in [0.2, 0.25) is 11.8 Å². The first-order chi connectivity index (χ1) is 19.3. The van der Waals surface area contributed by atoms with Crippen LogP contribution < -0.4 is 15.8 Å². The van der Waals surface area contributed by atoms with Crippen LogP contribution in [0.1, 0.15) is 61.4 Å². The number of nitrogens with one attached hydrogen (secondary N) is 1. The van der Waals surface area contributed by atoms with Gasteiger partial charge in [-0.2, -0.15) is 0 Å². The molecule has 1 aliphatic carbocycles. The zero-order valence-corrected chi connectivity index (χ0v) is 23.5. The second-order valence-electron chi connectivity index (χ2n) is 11.1. The minimum absolute atomic E-state index is 0.161. The molecule has 2 fully saturated rings. The molecule has 4 rings (SSSR count). The van der Waals surface area contributed by atoms with Gasteiger partial charge in [0, 0.05) is 38.2 Å². The highest BCUT2D eigenvalue weighted by Gasteiger charge is 2.39. The zero-order valence-electron chi connectivity index (χ0n) is 23.5. The summed E-state index contributed by atoms with van der Waals surface area (Å²) in [5.41, 5.74) is 7.06. The number of halogens is 1. The Bertz CT molecular complexity index is 1170. The van der Waals surface area contributed by atoms with E-state index in [4.69, 9.17) is 10.5 Å². The number of carbonyl (C=O) groups excluding carboxylic acids is 3. The molecule has 9 heteroatoms. The first kappa shape index (κ1) is 29.5. The molecular weight excluding hydrogens is 511 g/mol. The second-order valence-corrected chi connectivity index (χ2v) is 11.1. The molecule has 3 amide bonds. The second kappa shape index (κ2) is 13.7. The van der Waals surface area contributed by atoms with Gasteiger partial charge in [0.05, 0.1) is 7.11 Å². The molecule has 8 nitrogen and oxygen atoms in total. The normalized spacial score (nSPS) is 22.9. The number of amides is 3. The Morgan fingerprint density at radius 1 is 1.05 bits per heavy atom. The van der Waals surface area contributed by atoms with Crippen LogP contribution in [0.25, 0.3) is 0 Å². The number of ether oxygens (including phenoxy) is 1. The van der Waals surface area contributed by atoms with Gasteiger partial charge >= 0.3 is 0 Å². The van der Waals surface area contributed by atoms with Gasteiger partial charge in [-0.15, -0.1) is 0 Å². The van der Waals surface area contributed by atoms with Crippen LogP contribution in [0.4, 0.5) is 4.39 Å². The molecule has 2 aliphatic rings. The van der Waals surface area contributed by atoms with Crippen LogP contribution >= 0.6 is 0 Å². The number of hydrogen-bond donors (Lipinski definition) is 2. The molecule has 1 saturated carbocycles. The van der Waals surface area contributed by atoms with Crippen molar-refractivity contribution in [2.24, 2.45) is 17.6 Å². The van der Waals surface area contributed by atoms with Crippen LogP contribution in [0, 0.1) is 17.7 Å². The third-order valence-corrected chi connectivity index (χ3v) is 8.43. The fraction of sp³-hybridized carbons (Fsp3) is 0.516. The van der Waals surface area contributed by atoms with Gasteiger partial charge in [-0.25, -0.2) is 4.39 Å². The third kappa shape index (κ3) is 7.38. The highest BCUT2D eigenvalue weighted by Crippen LogP contribution is 2.29. The van der Waals surface area contributed by atoms with Gasteiger partial charge in [-0.05, 0) is 98.9 Å². The Hall–Kier alpha value is -3.46. The van der Waals surface area contributed by atoms with Gasteiger partial charge < -0.3 is 25.6 Å². The van der Waals surface area contributed by atoms with Crippen LogP contribution in [0.15, 0.2) is 48.5 Å². The van der Waals surface area contributed by atoms with E-state index in [0.717, 1.165) is 31.2 Å². The molecule has 2 aromatic rings. The molecule has 2 aromatic carbocycles. The Morgan fingerprint density at radius 2 is 1.75 bits per heavy atom. The lowest BCUT2D eigenvalue weighted by Gasteiger charge is -2.42. The molecule has 0 aromatic heterocycles. The van der Waals surface area contributed by atoms with E-state index >= 15 is 0 Å². The van der Waals surface area contributed by atoms with E-state index in [9.17, 15) is 18.8 Å². The molecule has 3 N–H and O–H groups in total. The van der Waals surface area contributed by atoms with Crippen LogP contribution in [0.2, 0.25) is 0 Å². The fourth-order valence-electron chi connectivity index (χ4n) is 5.98. The van der Waals surface area contributed by atoms with Crippen LogP contribution in [0.3, 0.4) is 0 Å². The maximum absolute atomic E-state index is 13.8. The van der Waals surface area contributed by atoms with Crippen molar-refractivity contribution in [2.45, 2.75) is 64.1 Å². The summed E-state index contributed by atoms with van der Waals surface area (Å²) < 4.78 is 19.0. The van der Waals surface area contributed by atoms with E-state index in [1.807, 2.05) is 24.3 Å². The third-order valence-electron chi connectivity index (χ3n) is 8.43. The average Bonchev–Trinajstić information content (AvgIpc) is 2.98. The fourth-order valence-corrected chi connectivity index (χ4v) is 5.98. The average molecular weight is 553 g/mol. The van der Waals surface area contributed by atoms with E-state index in [1.165, 1.54) is 31.2 Å². The number of piperidine rings is 1. The molecule has 1 saturated heterocycles. The Morgan fingerprint density at radius 3 is 2.40 bits per heavy atom. The summed E-state index contributed by atoms with van der Waals surface area (Å²) in [7, 11) is 1.59. The quantitative estimate of drug-likeness (QED) is 0.493. The van der Waals surface area contributed by atoms with Crippen molar-refractivity contribution in [1.29, 1.82) is 0 Å². The number of methoxy groups -OCH3 is 1. The summed E-state index contributed by atoms with van der Waals surface area (Å²) in [4.78, 5) is 43.1. The standard InChI is InChI=1S/C31H41FN4O4/c1-21(37)35-15-14-27(17-29(35)30(38)34-19-23-8-6-22(18-33)7-9-23)36(20-24-4-3-5-28(16-24)40-2)31(39)25-10-12-26(32)13-11-25/h3-5,10-13,16,22-23,27,29H,6-9,14-15,17-20,33H2,1-2H3,(H,34,38)/t22?,23?,27?,29-/m1/s1. The van der Waals surface area contributed by atoms with E-state index in [1.54, 1.807) is 16.9 Å². The zero-order chi connectivity index (χ0) is 28.6. The maximum atomic E-state index is 13.8. The van der Waals surface area contributed by atoms with Crippen LogP contribution in [0.5, 0.6) is 5.75 Å². The van der Waals surface area contributed by atoms with Crippen molar-refractivity contribution in [3.63, 3.8) is 0 Å². The SMILES string of the molecule is COc1cccc(CN(C(=O)c2ccc(F)cc2)C2CCN(C(C)=O)[C@@H](C(=O)NCC3CCC(CN)CC3)C2)c1. The molecule has 0 spiro atoms. The highest BCUT2D eigenvalue weighted by atomic mass is 19.1. The van der Waals surface area contributed by atoms with E-state index in [-0.39, 0.29) is 30.3 Å². The summed E-state index contributed by atoms with van der Waals surface area (Å²) in [6, 6.07) is 12.0. The van der Waals surface area contributed by atoms with Crippen molar-refractivity contribution < 1.29 is 23.5 Å². The van der Waals surface area contributed by atoms with Crippen LogP contribution in [-0.2, 0) is 16.1 Å². The van der Waals surface area contributed by atoms with Crippen molar-refractivity contribution in [3.05, 3.63) is 65.5 Å². The molecule has 2 atom stereocenters. The number of rotatable bonds is 9. The largest absolute Gasteiger partial charge is 0.497 e. The predicted molar refractivity (Wildman–Crippen MR) is 151 cm³/mol. The number of nitrogens with zero attached hydrogens (tertiary/aromatic N) is 2. The topological polar surface area (TPSA) is 105 Å². The molecule has 1 heterocycles. The summed E-state index contributed by atoms with van der Waals surface area (Å²) in [5.74, 6) is 0.632. The number of carbonyl (C=O) groups is 3. The van der Waals surface area contributed by atoms with Gasteiger partial charge in [-0.1, -0.05) is 12.1 Å². The monoisotopic (exact) mass is 552 g/mol. The van der Waals surface area contributed by atoms with Crippen molar-refractivity contribution in [1.82, 2.24) is 15.1 Å². The number of nitrogens with two attached hydrogens (primary N) is 1. The lowest BCUT2D eigenvalue weighted by Crippen LogP contribution is -2.58. The smallest absolute Gasteiger partial charge is 0.254 e. The number of likely N-dealkylation sites (tertiary alicyclic amines) is 1. The Kier molecular flexibility index (Phi) is 10.1. The number of hydrogen-bond acceptors (Lipinski definition) is 5. The van der Waals surface area contributed by atoms with Crippen LogP contribution in [-0.4, -0.2) is 66.3 Å². The summed E-state index contributed by atoms with van der Waals surface area (Å²) in [6.07, 6.45) is 5.07. The minimum Gasteiger partial charge on any atom is -0.497 e. The summed E-state index contributed by atoms with van der Waals surface area (Å²) >= 11 is 0. The van der Waals surface area contributed by atoms with Gasteiger partial charge in [0.15, 0.2) is 0 Å². The molecule has 1 unspecified atom stereocenters. The van der Waals surface area contributed by atoms with Crippen molar-refractivity contribution in [2.75, 3.05) is 26.7 Å². The molecule has 0 radical (unpaired) electrons. The first-order valence-electron chi connectivity index (χ1n) is 14.2. The van der Waals surface area contributed by atoms with E-state index in [2.05, 4.69) is 5.32 Å². The Balaban J connectivity index is 1.52. The first-order valence-corrected chi connectivity index (χ1v) is 14.2. The summed E-state index contributed by atoms with van der Waals surface area (Å²) in [6.45, 7) is 3.42. The Labute approximate surface area is 236 Å². The molecule has 40 heavy (non-hydrogen) atoms. The molecule has 0 bridgehead atoms. The van der Waals surface area contributed by atoms with Gasteiger partial charge in [-0.3, -0.25) is 14.4 Å². The van der Waals surface area contributed by atoms with Crippen molar-refractivity contribution >= 4 is 17.7 Å². The minimum atomic E-state index is -0.676. The van der Waals surface area contributed by atoms with E-state index < -0.39 is 11.9 Å². The van der Waals surface area contributed by atoms with E-state index in [0.29, 0.717) is 55.6 Å².